The predicted octanol–water partition coefficient (Wildman–Crippen LogP) is 2.91. The summed E-state index contributed by atoms with van der Waals surface area (Å²) >= 11 is 5.14. The summed E-state index contributed by atoms with van der Waals surface area (Å²) in [6.45, 7) is 0. The van der Waals surface area contributed by atoms with E-state index in [2.05, 4.69) is 29.6 Å². The first-order chi connectivity index (χ1) is 10.2. The number of nitrogens with one attached hydrogen (secondary N) is 1. The van der Waals surface area contributed by atoms with Gasteiger partial charge in [0.1, 0.15) is 10.7 Å². The van der Waals surface area contributed by atoms with E-state index in [0.29, 0.717) is 11.0 Å². The highest BCUT2D eigenvalue weighted by Crippen LogP contribution is 2.28. The molecule has 0 atom stereocenters. The van der Waals surface area contributed by atoms with E-state index in [4.69, 9.17) is 22.7 Å². The molecule has 0 spiro atoms. The minimum atomic E-state index is 0.364. The van der Waals surface area contributed by atoms with Crippen LogP contribution in [0.3, 0.4) is 0 Å². The Morgan fingerprint density at radius 2 is 1.86 bits per heavy atom. The van der Waals surface area contributed by atoms with Crippen molar-refractivity contribution in [2.75, 3.05) is 12.4 Å². The molecule has 0 saturated heterocycles. The Hall–Kier alpha value is -2.07. The molecule has 0 fully saturated rings. The van der Waals surface area contributed by atoms with Gasteiger partial charge in [0.25, 0.3) is 0 Å². The lowest BCUT2D eigenvalue weighted by molar-refractivity contribution is 0.415. The van der Waals surface area contributed by atoms with E-state index in [9.17, 15) is 0 Å². The molecule has 2 aromatic carbocycles. The van der Waals surface area contributed by atoms with Crippen LogP contribution in [0.25, 0.3) is 0 Å². The van der Waals surface area contributed by atoms with E-state index in [1.807, 2.05) is 18.2 Å². The third-order valence-corrected chi connectivity index (χ3v) is 4.12. The van der Waals surface area contributed by atoms with Gasteiger partial charge in [-0.1, -0.05) is 36.5 Å². The van der Waals surface area contributed by atoms with Gasteiger partial charge in [-0.05, 0) is 36.1 Å². The summed E-state index contributed by atoms with van der Waals surface area (Å²) in [4.78, 5) is 0.399. The molecule has 2 aromatic rings. The van der Waals surface area contributed by atoms with E-state index in [0.717, 1.165) is 29.8 Å². The van der Waals surface area contributed by atoms with Crippen molar-refractivity contribution in [3.63, 3.8) is 0 Å². The maximum absolute atomic E-state index is 5.82. The zero-order chi connectivity index (χ0) is 14.8. The molecule has 3 N–H and O–H groups in total. The molecule has 3 rings (SSSR count). The first-order valence-corrected chi connectivity index (χ1v) is 7.39. The SMILES string of the molecule is COc1ccc(C(N)=S)c(NC2Cc3ccccc3C2)c1. The maximum Gasteiger partial charge on any atom is 0.120 e. The number of hydrogen-bond donors (Lipinski definition) is 2. The van der Waals surface area contributed by atoms with Crippen molar-refractivity contribution in [3.8, 4) is 5.75 Å². The number of thiocarbonyl (C=S) groups is 1. The van der Waals surface area contributed by atoms with Crippen LogP contribution in [0, 0.1) is 0 Å². The fourth-order valence-corrected chi connectivity index (χ4v) is 3.04. The van der Waals surface area contributed by atoms with Gasteiger partial charge in [0, 0.05) is 23.4 Å². The lowest BCUT2D eigenvalue weighted by Gasteiger charge is -2.17. The standard InChI is InChI=1S/C17H18N2OS/c1-20-14-6-7-15(17(18)21)16(10-14)19-13-8-11-4-2-3-5-12(11)9-13/h2-7,10,13,19H,8-9H2,1H3,(H2,18,21). The molecule has 0 heterocycles. The molecule has 0 aliphatic heterocycles. The summed E-state index contributed by atoms with van der Waals surface area (Å²) < 4.78 is 5.29. The number of benzene rings is 2. The fraction of sp³-hybridized carbons (Fsp3) is 0.235. The first-order valence-electron chi connectivity index (χ1n) is 6.98. The molecule has 4 heteroatoms. The van der Waals surface area contributed by atoms with Gasteiger partial charge in [-0.2, -0.15) is 0 Å². The molecule has 21 heavy (non-hydrogen) atoms. The van der Waals surface area contributed by atoms with Gasteiger partial charge in [0.15, 0.2) is 0 Å². The van der Waals surface area contributed by atoms with Crippen molar-refractivity contribution in [1.82, 2.24) is 0 Å². The lowest BCUT2D eigenvalue weighted by atomic mass is 10.1. The van der Waals surface area contributed by atoms with Gasteiger partial charge in [0.2, 0.25) is 0 Å². The lowest BCUT2D eigenvalue weighted by Crippen LogP contribution is -2.22. The van der Waals surface area contributed by atoms with Crippen molar-refractivity contribution in [2.24, 2.45) is 5.73 Å². The summed E-state index contributed by atoms with van der Waals surface area (Å²) in [7, 11) is 1.66. The second-order valence-electron chi connectivity index (χ2n) is 5.29. The normalized spacial score (nSPS) is 13.8. The van der Waals surface area contributed by atoms with Gasteiger partial charge >= 0.3 is 0 Å². The van der Waals surface area contributed by atoms with Gasteiger partial charge in [-0.3, -0.25) is 0 Å². The molecule has 0 bridgehead atoms. The van der Waals surface area contributed by atoms with Crippen molar-refractivity contribution >= 4 is 22.9 Å². The monoisotopic (exact) mass is 298 g/mol. The quantitative estimate of drug-likeness (QED) is 0.852. The van der Waals surface area contributed by atoms with Gasteiger partial charge < -0.3 is 15.8 Å². The number of anilines is 1. The summed E-state index contributed by atoms with van der Waals surface area (Å²) in [6.07, 6.45) is 2.04. The molecule has 0 aromatic heterocycles. The molecule has 3 nitrogen and oxygen atoms in total. The van der Waals surface area contributed by atoms with Crippen LogP contribution in [0.2, 0.25) is 0 Å². The second kappa shape index (κ2) is 5.74. The van der Waals surface area contributed by atoms with Crippen LogP contribution in [0.5, 0.6) is 5.75 Å². The summed E-state index contributed by atoms with van der Waals surface area (Å²) in [6, 6.07) is 14.7. The number of methoxy groups -OCH3 is 1. The Morgan fingerprint density at radius 3 is 2.43 bits per heavy atom. The molecule has 1 aliphatic rings. The highest BCUT2D eigenvalue weighted by molar-refractivity contribution is 7.80. The number of hydrogen-bond acceptors (Lipinski definition) is 3. The minimum Gasteiger partial charge on any atom is -0.497 e. The molecule has 1 aliphatic carbocycles. The topological polar surface area (TPSA) is 47.3 Å². The van der Waals surface area contributed by atoms with Gasteiger partial charge in [0.05, 0.1) is 7.11 Å². The number of nitrogens with two attached hydrogens (primary N) is 1. The zero-order valence-corrected chi connectivity index (χ0v) is 12.7. The summed E-state index contributed by atoms with van der Waals surface area (Å²) in [5, 5.41) is 3.56. The second-order valence-corrected chi connectivity index (χ2v) is 5.73. The number of ether oxygens (including phenoxy) is 1. The molecular formula is C17H18N2OS. The largest absolute Gasteiger partial charge is 0.497 e. The van der Waals surface area contributed by atoms with E-state index < -0.39 is 0 Å². The zero-order valence-electron chi connectivity index (χ0n) is 11.9. The average Bonchev–Trinajstić information content (AvgIpc) is 2.89. The van der Waals surface area contributed by atoms with E-state index >= 15 is 0 Å². The first kappa shape index (κ1) is 13.9. The predicted molar refractivity (Wildman–Crippen MR) is 90.1 cm³/mol. The van der Waals surface area contributed by atoms with Crippen molar-refractivity contribution in [2.45, 2.75) is 18.9 Å². The number of rotatable bonds is 4. The van der Waals surface area contributed by atoms with E-state index in [1.54, 1.807) is 7.11 Å². The van der Waals surface area contributed by atoms with Crippen LogP contribution >= 0.6 is 12.2 Å². The molecular weight excluding hydrogens is 280 g/mol. The van der Waals surface area contributed by atoms with Crippen molar-refractivity contribution < 1.29 is 4.74 Å². The van der Waals surface area contributed by atoms with Crippen LogP contribution in [0.15, 0.2) is 42.5 Å². The van der Waals surface area contributed by atoms with Crippen molar-refractivity contribution in [3.05, 3.63) is 59.2 Å². The van der Waals surface area contributed by atoms with Crippen LogP contribution < -0.4 is 15.8 Å². The molecule has 0 radical (unpaired) electrons. The smallest absolute Gasteiger partial charge is 0.120 e. The number of fused-ring (bicyclic) bond motifs is 1. The Kier molecular flexibility index (Phi) is 3.80. The Labute approximate surface area is 130 Å². The molecule has 0 unspecified atom stereocenters. The van der Waals surface area contributed by atoms with Gasteiger partial charge in [-0.25, -0.2) is 0 Å². The Balaban J connectivity index is 1.84. The summed E-state index contributed by atoms with van der Waals surface area (Å²) in [5.41, 5.74) is 10.4. The average molecular weight is 298 g/mol. The fourth-order valence-electron chi connectivity index (χ4n) is 2.87. The molecule has 108 valence electrons. The van der Waals surface area contributed by atoms with E-state index in [1.165, 1.54) is 11.1 Å². The maximum atomic E-state index is 5.82. The highest BCUT2D eigenvalue weighted by atomic mass is 32.1. The van der Waals surface area contributed by atoms with Crippen molar-refractivity contribution in [1.29, 1.82) is 0 Å². The third kappa shape index (κ3) is 2.85. The third-order valence-electron chi connectivity index (χ3n) is 3.90. The van der Waals surface area contributed by atoms with Crippen LogP contribution in [-0.2, 0) is 12.8 Å². The molecule has 0 saturated carbocycles. The van der Waals surface area contributed by atoms with Gasteiger partial charge in [-0.15, -0.1) is 0 Å². The van der Waals surface area contributed by atoms with Crippen LogP contribution in [0.1, 0.15) is 16.7 Å². The minimum absolute atomic E-state index is 0.364. The van der Waals surface area contributed by atoms with Crippen LogP contribution in [-0.4, -0.2) is 18.1 Å². The summed E-state index contributed by atoms with van der Waals surface area (Å²) in [5.74, 6) is 0.799. The highest BCUT2D eigenvalue weighted by Gasteiger charge is 2.21. The van der Waals surface area contributed by atoms with Crippen LogP contribution in [0.4, 0.5) is 5.69 Å². The Bertz CT molecular complexity index is 659. The van der Waals surface area contributed by atoms with E-state index in [-0.39, 0.29) is 0 Å². The molecule has 0 amide bonds. The Morgan fingerprint density at radius 1 is 1.19 bits per heavy atom.